The number of rotatable bonds is 3. The van der Waals surface area contributed by atoms with E-state index in [2.05, 4.69) is 9.55 Å². The van der Waals surface area contributed by atoms with Crippen molar-refractivity contribution in [3.8, 4) is 0 Å². The molecule has 1 aliphatic heterocycles. The molecule has 0 unspecified atom stereocenters. The molecule has 2 aromatic rings. The highest BCUT2D eigenvalue weighted by molar-refractivity contribution is 5.79. The normalized spacial score (nSPS) is 17.1. The van der Waals surface area contributed by atoms with Gasteiger partial charge in [0.25, 0.3) is 0 Å². The number of ether oxygens (including phenoxy) is 1. The third-order valence-corrected chi connectivity index (χ3v) is 3.77. The van der Waals surface area contributed by atoms with Gasteiger partial charge in [0.05, 0.1) is 11.0 Å². The molecule has 0 spiro atoms. The van der Waals surface area contributed by atoms with E-state index >= 15 is 0 Å². The summed E-state index contributed by atoms with van der Waals surface area (Å²) in [5.41, 5.74) is 8.39. The van der Waals surface area contributed by atoms with Crippen LogP contribution >= 0.6 is 0 Å². The average Bonchev–Trinajstić information content (AvgIpc) is 2.77. The number of hydrogen-bond donors (Lipinski definition) is 2. The molecule has 1 aromatic heterocycles. The second-order valence-electron chi connectivity index (χ2n) is 5.10. The summed E-state index contributed by atoms with van der Waals surface area (Å²) in [6.07, 6.45) is 2.14. The number of aliphatic hydroxyl groups excluding tert-OH is 1. The summed E-state index contributed by atoms with van der Waals surface area (Å²) in [6, 6.07) is 5.72. The molecule has 1 aliphatic rings. The van der Waals surface area contributed by atoms with Gasteiger partial charge in [-0.25, -0.2) is 4.98 Å². The number of aliphatic hydroxyl groups is 1. The van der Waals surface area contributed by atoms with Crippen molar-refractivity contribution in [3.63, 3.8) is 0 Å². The van der Waals surface area contributed by atoms with Gasteiger partial charge in [0, 0.05) is 25.4 Å². The van der Waals surface area contributed by atoms with E-state index < -0.39 is 0 Å². The summed E-state index contributed by atoms with van der Waals surface area (Å²) in [5.74, 6) is 1.31. The Morgan fingerprint density at radius 1 is 1.37 bits per heavy atom. The fourth-order valence-electron chi connectivity index (χ4n) is 2.71. The van der Waals surface area contributed by atoms with E-state index in [-0.39, 0.29) is 6.61 Å². The maximum Gasteiger partial charge on any atom is 0.135 e. The Kier molecular flexibility index (Phi) is 3.40. The predicted octanol–water partition coefficient (Wildman–Crippen LogP) is 1.54. The summed E-state index contributed by atoms with van der Waals surface area (Å²) in [7, 11) is 0. The molecular weight excluding hydrogens is 242 g/mol. The lowest BCUT2D eigenvalue weighted by Gasteiger charge is -2.23. The Morgan fingerprint density at radius 3 is 2.89 bits per heavy atom. The number of fused-ring (bicyclic) bond motifs is 1. The molecule has 0 saturated carbocycles. The van der Waals surface area contributed by atoms with Gasteiger partial charge in [-0.15, -0.1) is 0 Å². The van der Waals surface area contributed by atoms with E-state index in [0.717, 1.165) is 43.6 Å². The van der Waals surface area contributed by atoms with Crippen LogP contribution < -0.4 is 5.73 Å². The van der Waals surface area contributed by atoms with Gasteiger partial charge in [0.1, 0.15) is 12.4 Å². The average molecular weight is 261 g/mol. The van der Waals surface area contributed by atoms with E-state index in [1.165, 1.54) is 0 Å². The molecule has 0 aliphatic carbocycles. The number of nitrogens with two attached hydrogens (primary N) is 1. The highest BCUT2D eigenvalue weighted by Gasteiger charge is 2.18. The van der Waals surface area contributed by atoms with E-state index in [0.29, 0.717) is 17.4 Å². The van der Waals surface area contributed by atoms with Crippen molar-refractivity contribution in [2.45, 2.75) is 26.0 Å². The zero-order chi connectivity index (χ0) is 13.2. The number of hydrogen-bond acceptors (Lipinski definition) is 4. The molecule has 0 bridgehead atoms. The molecular formula is C14H19N3O2. The van der Waals surface area contributed by atoms with Crippen LogP contribution in [0.4, 0.5) is 5.69 Å². The Morgan fingerprint density at radius 2 is 2.16 bits per heavy atom. The van der Waals surface area contributed by atoms with Crippen LogP contribution in [0.15, 0.2) is 18.2 Å². The van der Waals surface area contributed by atoms with Crippen LogP contribution in [-0.4, -0.2) is 27.9 Å². The largest absolute Gasteiger partial charge is 0.399 e. The number of imidazole rings is 1. The third-order valence-electron chi connectivity index (χ3n) is 3.77. The first-order valence-corrected chi connectivity index (χ1v) is 6.71. The first-order chi connectivity index (χ1) is 9.28. The summed E-state index contributed by atoms with van der Waals surface area (Å²) >= 11 is 0. The number of benzene rings is 1. The number of anilines is 1. The monoisotopic (exact) mass is 261 g/mol. The van der Waals surface area contributed by atoms with Gasteiger partial charge in [-0.1, -0.05) is 0 Å². The minimum Gasteiger partial charge on any atom is -0.399 e. The first kappa shape index (κ1) is 12.4. The maximum absolute atomic E-state index is 9.48. The van der Waals surface area contributed by atoms with Gasteiger partial charge in [-0.2, -0.15) is 0 Å². The van der Waals surface area contributed by atoms with Gasteiger partial charge in [-0.3, -0.25) is 0 Å². The van der Waals surface area contributed by atoms with Crippen LogP contribution in [0.2, 0.25) is 0 Å². The molecule has 3 N–H and O–H groups in total. The van der Waals surface area contributed by atoms with Crippen molar-refractivity contribution in [1.29, 1.82) is 0 Å². The zero-order valence-corrected chi connectivity index (χ0v) is 10.9. The van der Waals surface area contributed by atoms with Crippen molar-refractivity contribution < 1.29 is 9.84 Å². The van der Waals surface area contributed by atoms with Crippen LogP contribution in [0.3, 0.4) is 0 Å². The molecule has 0 atom stereocenters. The number of aromatic nitrogens is 2. The van der Waals surface area contributed by atoms with E-state index in [1.807, 2.05) is 18.2 Å². The Labute approximate surface area is 112 Å². The SMILES string of the molecule is Nc1ccc2c(c1)nc(CO)n2CC1CCOCC1. The lowest BCUT2D eigenvalue weighted by molar-refractivity contribution is 0.0610. The summed E-state index contributed by atoms with van der Waals surface area (Å²) in [6.45, 7) is 2.51. The van der Waals surface area contributed by atoms with Crippen LogP contribution in [0.5, 0.6) is 0 Å². The minimum atomic E-state index is -0.0438. The molecule has 5 nitrogen and oxygen atoms in total. The standard InChI is InChI=1S/C14H19N3O2/c15-11-1-2-13-12(7-11)16-14(9-18)17(13)8-10-3-5-19-6-4-10/h1-2,7,10,18H,3-6,8-9,15H2. The minimum absolute atomic E-state index is 0.0438. The van der Waals surface area contributed by atoms with E-state index in [4.69, 9.17) is 10.5 Å². The van der Waals surface area contributed by atoms with Crippen molar-refractivity contribution in [2.75, 3.05) is 18.9 Å². The van der Waals surface area contributed by atoms with Crippen LogP contribution in [0.1, 0.15) is 18.7 Å². The van der Waals surface area contributed by atoms with Crippen LogP contribution in [0.25, 0.3) is 11.0 Å². The van der Waals surface area contributed by atoms with Gasteiger partial charge < -0.3 is 20.1 Å². The number of nitrogens with zero attached hydrogens (tertiary/aromatic N) is 2. The summed E-state index contributed by atoms with van der Waals surface area (Å²) in [4.78, 5) is 4.46. The highest BCUT2D eigenvalue weighted by atomic mass is 16.5. The van der Waals surface area contributed by atoms with Gasteiger partial charge in [0.15, 0.2) is 0 Å². The Bertz CT molecular complexity index is 573. The van der Waals surface area contributed by atoms with E-state index in [9.17, 15) is 5.11 Å². The van der Waals surface area contributed by atoms with Crippen molar-refractivity contribution in [3.05, 3.63) is 24.0 Å². The molecule has 1 fully saturated rings. The van der Waals surface area contributed by atoms with Crippen molar-refractivity contribution in [1.82, 2.24) is 9.55 Å². The third kappa shape index (κ3) is 2.43. The van der Waals surface area contributed by atoms with Crippen molar-refractivity contribution >= 4 is 16.7 Å². The fraction of sp³-hybridized carbons (Fsp3) is 0.500. The fourth-order valence-corrected chi connectivity index (χ4v) is 2.71. The van der Waals surface area contributed by atoms with Gasteiger partial charge in [-0.05, 0) is 37.0 Å². The lowest BCUT2D eigenvalue weighted by atomic mass is 10.0. The highest BCUT2D eigenvalue weighted by Crippen LogP contribution is 2.24. The topological polar surface area (TPSA) is 73.3 Å². The van der Waals surface area contributed by atoms with Gasteiger partial charge in [0.2, 0.25) is 0 Å². The summed E-state index contributed by atoms with van der Waals surface area (Å²) < 4.78 is 7.50. The second-order valence-corrected chi connectivity index (χ2v) is 5.10. The lowest BCUT2D eigenvalue weighted by Crippen LogP contribution is -2.21. The Hall–Kier alpha value is -1.59. The number of nitrogen functional groups attached to an aromatic ring is 1. The molecule has 102 valence electrons. The molecule has 0 radical (unpaired) electrons. The predicted molar refractivity (Wildman–Crippen MR) is 73.6 cm³/mol. The molecule has 1 saturated heterocycles. The van der Waals surface area contributed by atoms with Crippen LogP contribution in [-0.2, 0) is 17.9 Å². The zero-order valence-electron chi connectivity index (χ0n) is 10.9. The molecule has 5 heteroatoms. The van der Waals surface area contributed by atoms with E-state index in [1.54, 1.807) is 0 Å². The molecule has 3 rings (SSSR count). The maximum atomic E-state index is 9.48. The van der Waals surface area contributed by atoms with Gasteiger partial charge >= 0.3 is 0 Å². The van der Waals surface area contributed by atoms with Crippen LogP contribution in [0, 0.1) is 5.92 Å². The van der Waals surface area contributed by atoms with Crippen molar-refractivity contribution in [2.24, 2.45) is 5.92 Å². The quantitative estimate of drug-likeness (QED) is 0.822. The summed E-state index contributed by atoms with van der Waals surface area (Å²) in [5, 5.41) is 9.48. The molecule has 2 heterocycles. The molecule has 19 heavy (non-hydrogen) atoms. The second kappa shape index (κ2) is 5.19. The Balaban J connectivity index is 1.95. The first-order valence-electron chi connectivity index (χ1n) is 6.71. The smallest absolute Gasteiger partial charge is 0.135 e. The molecule has 1 aromatic carbocycles. The molecule has 0 amide bonds.